The molecule has 1 aromatic carbocycles. The van der Waals surface area contributed by atoms with E-state index in [-0.39, 0.29) is 0 Å². The second-order valence-electron chi connectivity index (χ2n) is 5.98. The summed E-state index contributed by atoms with van der Waals surface area (Å²) in [6.07, 6.45) is 11.0. The first-order chi connectivity index (χ1) is 8.29. The van der Waals surface area contributed by atoms with Crippen molar-refractivity contribution in [2.24, 2.45) is 11.3 Å². The first-order valence-electron chi connectivity index (χ1n) is 7.05. The quantitative estimate of drug-likeness (QED) is 0.628. The maximum Gasteiger partial charge on any atom is -0.00847 e. The Hall–Kier alpha value is -1.04. The highest BCUT2D eigenvalue weighted by Gasteiger charge is 2.43. The summed E-state index contributed by atoms with van der Waals surface area (Å²) in [4.78, 5) is 0. The molecule has 2 aliphatic carbocycles. The van der Waals surface area contributed by atoms with Gasteiger partial charge in [0.2, 0.25) is 0 Å². The van der Waals surface area contributed by atoms with Gasteiger partial charge in [-0.2, -0.15) is 0 Å². The lowest BCUT2D eigenvalue weighted by atomic mass is 9.67. The van der Waals surface area contributed by atoms with E-state index < -0.39 is 0 Å². The van der Waals surface area contributed by atoms with Gasteiger partial charge in [0, 0.05) is 0 Å². The summed E-state index contributed by atoms with van der Waals surface area (Å²) in [5.41, 5.74) is 3.62. The Kier molecular flexibility index (Phi) is 2.82. The lowest BCUT2D eigenvalue weighted by Gasteiger charge is -2.37. The lowest BCUT2D eigenvalue weighted by molar-refractivity contribution is 0.189. The molecule has 17 heavy (non-hydrogen) atoms. The molecule has 0 aliphatic heterocycles. The van der Waals surface area contributed by atoms with Crippen LogP contribution in [0.25, 0.3) is 6.08 Å². The van der Waals surface area contributed by atoms with Gasteiger partial charge in [-0.25, -0.2) is 0 Å². The molecule has 1 aromatic rings. The van der Waals surface area contributed by atoms with Crippen LogP contribution in [0.5, 0.6) is 0 Å². The standard InChI is InChI=1S/C17H22/c1-17-12-6-5-9-15(17)10-11-16(17)13-14-7-3-2-4-8-14/h2-4,7-8,13,15H,5-6,9-12H2,1H3/b16-13-/t15-,17-/m0/s1. The van der Waals surface area contributed by atoms with Crippen molar-refractivity contribution in [3.05, 3.63) is 41.5 Å². The zero-order valence-electron chi connectivity index (χ0n) is 10.8. The Bertz CT molecular complexity index is 415. The van der Waals surface area contributed by atoms with E-state index in [9.17, 15) is 0 Å². The van der Waals surface area contributed by atoms with Crippen molar-refractivity contribution in [1.29, 1.82) is 0 Å². The third-order valence-electron chi connectivity index (χ3n) is 5.04. The van der Waals surface area contributed by atoms with Gasteiger partial charge in [-0.05, 0) is 42.6 Å². The maximum atomic E-state index is 2.51. The molecule has 0 heterocycles. The van der Waals surface area contributed by atoms with Crippen molar-refractivity contribution >= 4 is 6.08 Å². The topological polar surface area (TPSA) is 0 Å². The van der Waals surface area contributed by atoms with Crippen LogP contribution in [-0.4, -0.2) is 0 Å². The minimum atomic E-state index is 0.522. The summed E-state index contributed by atoms with van der Waals surface area (Å²) in [6.45, 7) is 2.51. The van der Waals surface area contributed by atoms with E-state index in [1.165, 1.54) is 44.1 Å². The molecule has 2 fully saturated rings. The van der Waals surface area contributed by atoms with Crippen molar-refractivity contribution in [1.82, 2.24) is 0 Å². The molecule has 2 aliphatic rings. The molecule has 0 heteroatoms. The number of fused-ring (bicyclic) bond motifs is 1. The Morgan fingerprint density at radius 2 is 1.94 bits per heavy atom. The summed E-state index contributed by atoms with van der Waals surface area (Å²) in [7, 11) is 0. The first kappa shape index (κ1) is 11.1. The van der Waals surface area contributed by atoms with Crippen molar-refractivity contribution in [2.75, 3.05) is 0 Å². The zero-order valence-corrected chi connectivity index (χ0v) is 10.8. The second-order valence-corrected chi connectivity index (χ2v) is 5.98. The normalized spacial score (nSPS) is 34.9. The summed E-state index contributed by atoms with van der Waals surface area (Å²) >= 11 is 0. The first-order valence-corrected chi connectivity index (χ1v) is 7.05. The van der Waals surface area contributed by atoms with Gasteiger partial charge >= 0.3 is 0 Å². The monoisotopic (exact) mass is 226 g/mol. The minimum Gasteiger partial charge on any atom is -0.0634 e. The van der Waals surface area contributed by atoms with E-state index in [0.29, 0.717) is 5.41 Å². The van der Waals surface area contributed by atoms with Crippen LogP contribution in [0.1, 0.15) is 51.0 Å². The SMILES string of the molecule is C[C@]12CCCC[C@H]1CC/C2=C/c1ccccc1. The fourth-order valence-electron chi connectivity index (χ4n) is 3.89. The fourth-order valence-corrected chi connectivity index (χ4v) is 3.89. The fraction of sp³-hybridized carbons (Fsp3) is 0.529. The Balaban J connectivity index is 1.91. The number of hydrogen-bond acceptors (Lipinski definition) is 0. The van der Waals surface area contributed by atoms with Crippen LogP contribution in [0.2, 0.25) is 0 Å². The average Bonchev–Trinajstić information content (AvgIpc) is 2.68. The molecule has 0 amide bonds. The molecular formula is C17H22. The highest BCUT2D eigenvalue weighted by molar-refractivity contribution is 5.55. The molecule has 0 nitrogen and oxygen atoms in total. The van der Waals surface area contributed by atoms with Crippen LogP contribution in [0.3, 0.4) is 0 Å². The molecule has 0 spiro atoms. The molecule has 3 rings (SSSR count). The van der Waals surface area contributed by atoms with Crippen molar-refractivity contribution in [3.8, 4) is 0 Å². The van der Waals surface area contributed by atoms with Gasteiger partial charge in [0.15, 0.2) is 0 Å². The molecule has 0 N–H and O–H groups in total. The predicted octanol–water partition coefficient (Wildman–Crippen LogP) is 5.06. The Morgan fingerprint density at radius 1 is 1.12 bits per heavy atom. The van der Waals surface area contributed by atoms with E-state index in [2.05, 4.69) is 43.3 Å². The smallest absolute Gasteiger partial charge is 0.00847 e. The van der Waals surface area contributed by atoms with Gasteiger partial charge in [-0.15, -0.1) is 0 Å². The van der Waals surface area contributed by atoms with Gasteiger partial charge in [0.1, 0.15) is 0 Å². The van der Waals surface area contributed by atoms with Crippen molar-refractivity contribution < 1.29 is 0 Å². The van der Waals surface area contributed by atoms with E-state index in [0.717, 1.165) is 5.92 Å². The maximum absolute atomic E-state index is 2.51. The van der Waals surface area contributed by atoms with Crippen molar-refractivity contribution in [3.63, 3.8) is 0 Å². The summed E-state index contributed by atoms with van der Waals surface area (Å²) in [6, 6.07) is 10.8. The Morgan fingerprint density at radius 3 is 2.76 bits per heavy atom. The van der Waals surface area contributed by atoms with Gasteiger partial charge in [-0.1, -0.05) is 61.7 Å². The van der Waals surface area contributed by atoms with E-state index in [1.54, 1.807) is 5.57 Å². The molecule has 90 valence electrons. The zero-order chi connectivity index (χ0) is 11.7. The van der Waals surface area contributed by atoms with Gasteiger partial charge < -0.3 is 0 Å². The summed E-state index contributed by atoms with van der Waals surface area (Å²) in [5.74, 6) is 0.964. The van der Waals surface area contributed by atoms with Crippen LogP contribution in [0.4, 0.5) is 0 Å². The number of hydrogen-bond donors (Lipinski definition) is 0. The predicted molar refractivity (Wildman–Crippen MR) is 73.7 cm³/mol. The molecule has 2 atom stereocenters. The number of benzene rings is 1. The van der Waals surface area contributed by atoms with Gasteiger partial charge in [0.05, 0.1) is 0 Å². The Labute approximate surface area is 105 Å². The van der Waals surface area contributed by atoms with Crippen LogP contribution >= 0.6 is 0 Å². The molecule has 0 saturated heterocycles. The molecule has 0 aromatic heterocycles. The van der Waals surface area contributed by atoms with Crippen LogP contribution < -0.4 is 0 Å². The molecular weight excluding hydrogens is 204 g/mol. The summed E-state index contributed by atoms with van der Waals surface area (Å²) < 4.78 is 0. The third kappa shape index (κ3) is 1.94. The highest BCUT2D eigenvalue weighted by atomic mass is 14.5. The molecule has 0 radical (unpaired) electrons. The molecule has 0 unspecified atom stereocenters. The minimum absolute atomic E-state index is 0.522. The third-order valence-corrected chi connectivity index (χ3v) is 5.04. The number of rotatable bonds is 1. The van der Waals surface area contributed by atoms with Gasteiger partial charge in [0.25, 0.3) is 0 Å². The van der Waals surface area contributed by atoms with Gasteiger partial charge in [-0.3, -0.25) is 0 Å². The van der Waals surface area contributed by atoms with Crippen molar-refractivity contribution in [2.45, 2.75) is 45.4 Å². The molecule has 0 bridgehead atoms. The molecule has 2 saturated carbocycles. The van der Waals surface area contributed by atoms with E-state index in [1.807, 2.05) is 0 Å². The second kappa shape index (κ2) is 4.33. The lowest BCUT2D eigenvalue weighted by Crippen LogP contribution is -2.26. The average molecular weight is 226 g/mol. The summed E-state index contributed by atoms with van der Waals surface area (Å²) in [5, 5.41) is 0. The highest BCUT2D eigenvalue weighted by Crippen LogP contribution is 2.55. The number of allylic oxidation sites excluding steroid dienone is 1. The van der Waals surface area contributed by atoms with E-state index in [4.69, 9.17) is 0 Å². The van der Waals surface area contributed by atoms with E-state index >= 15 is 0 Å². The van der Waals surface area contributed by atoms with Crippen LogP contribution in [-0.2, 0) is 0 Å². The van der Waals surface area contributed by atoms with Crippen LogP contribution in [0.15, 0.2) is 35.9 Å². The largest absolute Gasteiger partial charge is 0.0634 e. The van der Waals surface area contributed by atoms with Crippen LogP contribution in [0, 0.1) is 11.3 Å².